The van der Waals surface area contributed by atoms with Crippen LogP contribution in [0.4, 0.5) is 0 Å². The van der Waals surface area contributed by atoms with E-state index in [0.29, 0.717) is 5.56 Å². The lowest BCUT2D eigenvalue weighted by Crippen LogP contribution is -2.60. The minimum absolute atomic E-state index is 0.00290. The van der Waals surface area contributed by atoms with Crippen LogP contribution < -0.4 is 71.2 Å². The molecular weight excluding hydrogens is 1030 g/mol. The quantitative estimate of drug-likeness (QED) is 0.0417. The molecule has 1 aliphatic heterocycles. The van der Waals surface area contributed by atoms with E-state index in [1.54, 1.807) is 0 Å². The summed E-state index contributed by atoms with van der Waals surface area (Å²) in [6, 6.07) is 18.0. The average molecular weight is 1120 g/mol. The molecule has 4 aromatic carbocycles. The summed E-state index contributed by atoms with van der Waals surface area (Å²) in [4.78, 5) is 122. The van der Waals surface area contributed by atoms with Crippen LogP contribution in [0.3, 0.4) is 0 Å². The number of fused-ring (bicyclic) bond motifs is 2. The van der Waals surface area contributed by atoms with E-state index in [9.17, 15) is 38.4 Å². The molecule has 0 aliphatic carbocycles. The Morgan fingerprint density at radius 3 is 1.33 bits per heavy atom. The number of nitrogens with zero attached hydrogens (tertiary/aromatic N) is 2. The van der Waals surface area contributed by atoms with E-state index in [1.165, 1.54) is 0 Å². The lowest BCUT2D eigenvalue weighted by Gasteiger charge is -2.29. The third-order valence-electron chi connectivity index (χ3n) is 13.6. The first kappa shape index (κ1) is 63.5. The van der Waals surface area contributed by atoms with Gasteiger partial charge in [0.05, 0.1) is 6.04 Å². The van der Waals surface area contributed by atoms with Crippen LogP contribution >= 0.6 is 0 Å². The van der Waals surface area contributed by atoms with E-state index in [1.807, 2.05) is 113 Å². The van der Waals surface area contributed by atoms with Gasteiger partial charge in [0.25, 0.3) is 0 Å². The molecule has 1 aliphatic rings. The van der Waals surface area contributed by atoms with Crippen molar-refractivity contribution in [3.63, 3.8) is 0 Å². The highest BCUT2D eigenvalue weighted by molar-refractivity contribution is 5.98. The van der Waals surface area contributed by atoms with Gasteiger partial charge in [-0.3, -0.25) is 48.3 Å². The Kier molecular flexibility index (Phi) is 25.1. The fourth-order valence-corrected chi connectivity index (χ4v) is 9.38. The molecule has 0 radical (unpaired) electrons. The first-order chi connectivity index (χ1) is 38.6. The van der Waals surface area contributed by atoms with Gasteiger partial charge in [0.2, 0.25) is 47.3 Å². The topological polar surface area (TPSA) is 388 Å². The smallest absolute Gasteiger partial charge is 0.243 e. The normalized spacial score (nSPS) is 21.9. The summed E-state index contributed by atoms with van der Waals surface area (Å²) in [7, 11) is 0. The molecule has 0 bridgehead atoms. The molecule has 4 aromatic rings. The fraction of sp³-hybridized carbons (Fsp3) is 0.483. The van der Waals surface area contributed by atoms with Gasteiger partial charge in [0, 0.05) is 45.4 Å². The van der Waals surface area contributed by atoms with Crippen LogP contribution in [-0.2, 0) is 51.2 Å². The van der Waals surface area contributed by atoms with Gasteiger partial charge < -0.3 is 71.2 Å². The van der Waals surface area contributed by atoms with Crippen molar-refractivity contribution in [2.45, 2.75) is 141 Å². The second-order valence-electron chi connectivity index (χ2n) is 21.4. The van der Waals surface area contributed by atoms with E-state index >= 15 is 0 Å². The number of nitrogens with two attached hydrogens (primary N) is 5. The molecule has 1 heterocycles. The molecule has 8 amide bonds. The molecule has 23 nitrogen and oxygen atoms in total. The molecule has 5 rings (SSSR count). The molecule has 0 spiro atoms. The fourth-order valence-electron chi connectivity index (χ4n) is 9.38. The van der Waals surface area contributed by atoms with Crippen LogP contribution in [0.15, 0.2) is 94.9 Å². The van der Waals surface area contributed by atoms with Gasteiger partial charge >= 0.3 is 0 Å². The molecule has 0 saturated carbocycles. The Morgan fingerprint density at radius 1 is 0.481 bits per heavy atom. The van der Waals surface area contributed by atoms with Crippen molar-refractivity contribution in [1.29, 1.82) is 0 Å². The third kappa shape index (κ3) is 21.7. The molecule has 438 valence electrons. The van der Waals surface area contributed by atoms with Crippen molar-refractivity contribution in [3.05, 3.63) is 96.1 Å². The number of rotatable bonds is 16. The van der Waals surface area contributed by atoms with Crippen LogP contribution in [0.5, 0.6) is 0 Å². The maximum Gasteiger partial charge on any atom is 0.243 e. The van der Waals surface area contributed by atoms with E-state index in [4.69, 9.17) is 28.7 Å². The molecule has 1 saturated heterocycles. The van der Waals surface area contributed by atoms with E-state index in [2.05, 4.69) is 52.5 Å². The minimum atomic E-state index is -1.34. The van der Waals surface area contributed by atoms with E-state index < -0.39 is 83.6 Å². The predicted molar refractivity (Wildman–Crippen MR) is 313 cm³/mol. The summed E-state index contributed by atoms with van der Waals surface area (Å²) in [5, 5.41) is 26.3. The Bertz CT molecular complexity index is 2870. The zero-order chi connectivity index (χ0) is 59.0. The molecule has 81 heavy (non-hydrogen) atoms. The highest BCUT2D eigenvalue weighted by atomic mass is 16.2. The number of carbonyl (C=O) groups is 8. The molecule has 7 atom stereocenters. The third-order valence-corrected chi connectivity index (χ3v) is 13.6. The van der Waals surface area contributed by atoms with Crippen molar-refractivity contribution in [3.8, 4) is 0 Å². The van der Waals surface area contributed by atoms with Gasteiger partial charge in [-0.1, -0.05) is 113 Å². The first-order valence-electron chi connectivity index (χ1n) is 27.8. The summed E-state index contributed by atoms with van der Waals surface area (Å²) in [5.74, 6) is -5.83. The molecule has 0 aromatic heterocycles. The van der Waals surface area contributed by atoms with Crippen LogP contribution in [0.2, 0.25) is 0 Å². The Labute approximate surface area is 473 Å². The highest BCUT2D eigenvalue weighted by Gasteiger charge is 2.35. The van der Waals surface area contributed by atoms with Crippen molar-refractivity contribution >= 4 is 80.7 Å². The van der Waals surface area contributed by atoms with Gasteiger partial charge in [-0.15, -0.1) is 0 Å². The van der Waals surface area contributed by atoms with Crippen molar-refractivity contribution in [2.75, 3.05) is 26.2 Å². The minimum Gasteiger partial charge on any atom is -0.370 e. The lowest BCUT2D eigenvalue weighted by molar-refractivity contribution is -0.136. The summed E-state index contributed by atoms with van der Waals surface area (Å²) in [6.07, 6.45) is 0.934. The summed E-state index contributed by atoms with van der Waals surface area (Å²) >= 11 is 0. The monoisotopic (exact) mass is 1120 g/mol. The van der Waals surface area contributed by atoms with Gasteiger partial charge in [0.15, 0.2) is 11.9 Å². The van der Waals surface area contributed by atoms with Crippen molar-refractivity contribution in [2.24, 2.45) is 50.5 Å². The van der Waals surface area contributed by atoms with Crippen LogP contribution in [0.1, 0.15) is 96.6 Å². The molecule has 1 unspecified atom stereocenters. The number of guanidine groups is 2. The number of benzene rings is 4. The van der Waals surface area contributed by atoms with Gasteiger partial charge in [-0.25, -0.2) is 0 Å². The number of nitrogens with one attached hydrogen (secondary N) is 8. The second-order valence-corrected chi connectivity index (χ2v) is 21.4. The number of amides is 8. The van der Waals surface area contributed by atoms with Crippen LogP contribution in [0.25, 0.3) is 21.5 Å². The predicted octanol–water partition coefficient (Wildman–Crippen LogP) is 0.630. The van der Waals surface area contributed by atoms with Gasteiger partial charge in [-0.2, -0.15) is 0 Å². The zero-order valence-corrected chi connectivity index (χ0v) is 46.9. The molecular formula is C58H83N15O8. The number of carbonyl (C=O) groups excluding carboxylic acids is 8. The summed E-state index contributed by atoms with van der Waals surface area (Å²) in [6.45, 7) is 7.71. The van der Waals surface area contributed by atoms with E-state index in [-0.39, 0.29) is 126 Å². The zero-order valence-electron chi connectivity index (χ0n) is 46.9. The second kappa shape index (κ2) is 32.0. The van der Waals surface area contributed by atoms with Crippen molar-refractivity contribution < 1.29 is 38.4 Å². The standard InChI is InChI=1S/C58H83N15O8/c1-34(2)28-45-54(79)68-44(17-10-26-67-58(62)63)53(78)73-48(33-37-20-22-39-13-6-8-15-41(39)31-37)56(81)71-46(29-35(3)4)55(80)69-43(16-9-25-66-57(60)61)52(77)72-47(32-36-19-21-38-12-5-7-14-40(38)30-36)51(76)65-24-11-18-49(74)64-27-23-42(59)50(75)70-45/h5-8,12-15,19-22,30-31,34-35,42-48H,9-11,16-18,23-29,32-33,59H2,1-4H3,(H,64,74)(H,65,76)(H,68,79)(H,69,80)(H,70,75)(H,71,81)(H,72,77)(H,73,78)(H4,60,61,66)(H4,62,63,67)/t42?,43-,44-,45-,46-,47-,48-/m0/s1. The lowest BCUT2D eigenvalue weighted by atomic mass is 9.98. The maximum absolute atomic E-state index is 14.9. The van der Waals surface area contributed by atoms with E-state index in [0.717, 1.165) is 27.1 Å². The average Bonchev–Trinajstić information content (AvgIpc) is 3.57. The largest absolute Gasteiger partial charge is 0.370 e. The molecule has 23 heteroatoms. The first-order valence-corrected chi connectivity index (χ1v) is 27.8. The Hall–Kier alpha value is -8.34. The Balaban J connectivity index is 1.55. The Morgan fingerprint density at radius 2 is 0.877 bits per heavy atom. The molecule has 18 N–H and O–H groups in total. The SMILES string of the molecule is CC(C)C[C@@H]1NC(=O)C(N)CCNC(=O)CCCNC(=O)[C@H](Cc2ccc3ccccc3c2)NC(=O)[C@H](CCCN=C(N)N)NC(=O)[C@H](CC(C)C)NC(=O)[C@H](Cc2ccc3ccccc3c2)NC(=O)[C@H](CCCN=C(N)N)NC1=O. The van der Waals surface area contributed by atoms with Gasteiger partial charge in [0.1, 0.15) is 36.3 Å². The van der Waals surface area contributed by atoms with Crippen LogP contribution in [-0.4, -0.2) is 128 Å². The summed E-state index contributed by atoms with van der Waals surface area (Å²) in [5.41, 5.74) is 30.1. The number of hydrogen-bond donors (Lipinski definition) is 13. The number of hydrogen-bond acceptors (Lipinski definition) is 11. The summed E-state index contributed by atoms with van der Waals surface area (Å²) < 4.78 is 0. The number of aliphatic imine (C=N–C) groups is 2. The van der Waals surface area contributed by atoms with Gasteiger partial charge in [-0.05, 0) is 95.9 Å². The van der Waals surface area contributed by atoms with Crippen molar-refractivity contribution in [1.82, 2.24) is 42.5 Å². The highest BCUT2D eigenvalue weighted by Crippen LogP contribution is 2.20. The maximum atomic E-state index is 14.9. The van der Waals surface area contributed by atoms with Crippen LogP contribution in [0, 0.1) is 11.8 Å². The molecule has 1 fully saturated rings.